The number of nitrogens with one attached hydrogen (secondary N) is 1. The highest BCUT2D eigenvalue weighted by atomic mass is 35.5. The first-order valence-electron chi connectivity index (χ1n) is 7.00. The number of halogens is 1. The molecule has 116 valence electrons. The molecule has 1 rings (SSSR count). The molecule has 0 aliphatic carbocycles. The van der Waals surface area contributed by atoms with Crippen LogP contribution in [0.25, 0.3) is 0 Å². The minimum Gasteiger partial charge on any atom is -0.370 e. The van der Waals surface area contributed by atoms with Gasteiger partial charge in [0.25, 0.3) is 0 Å². The molecule has 1 aromatic carbocycles. The quantitative estimate of drug-likeness (QED) is 0.662. The lowest BCUT2D eigenvalue weighted by molar-refractivity contribution is 0.250. The fraction of sp³-hybridized carbons (Fsp3) is 0.467. The summed E-state index contributed by atoms with van der Waals surface area (Å²) < 4.78 is 0. The first kappa shape index (κ1) is 17.3. The molecular formula is C15H23ClN4O. The minimum absolute atomic E-state index is 0.122. The predicted molar refractivity (Wildman–Crippen MR) is 89.1 cm³/mol. The zero-order valence-corrected chi connectivity index (χ0v) is 13.7. The van der Waals surface area contributed by atoms with Gasteiger partial charge in [0.05, 0.1) is 10.7 Å². The zero-order valence-electron chi connectivity index (χ0n) is 13.0. The molecule has 0 aliphatic heterocycles. The van der Waals surface area contributed by atoms with Crippen LogP contribution in [0.15, 0.2) is 23.2 Å². The lowest BCUT2D eigenvalue weighted by Crippen LogP contribution is -2.46. The van der Waals surface area contributed by atoms with Crippen molar-refractivity contribution in [2.75, 3.05) is 18.0 Å². The Labute approximate surface area is 131 Å². The van der Waals surface area contributed by atoms with E-state index in [2.05, 4.69) is 10.3 Å². The van der Waals surface area contributed by atoms with Crippen LogP contribution in [0, 0.1) is 12.8 Å². The number of carbonyl (C=O) groups excluding carboxylic acids is 1. The van der Waals surface area contributed by atoms with Gasteiger partial charge in [-0.3, -0.25) is 15.2 Å². The van der Waals surface area contributed by atoms with E-state index < -0.39 is 0 Å². The summed E-state index contributed by atoms with van der Waals surface area (Å²) in [5, 5.41) is 3.13. The number of nitrogens with two attached hydrogens (primary N) is 1. The summed E-state index contributed by atoms with van der Waals surface area (Å²) >= 11 is 6.20. The van der Waals surface area contributed by atoms with Crippen molar-refractivity contribution in [2.24, 2.45) is 16.6 Å². The first-order chi connectivity index (χ1) is 9.86. The van der Waals surface area contributed by atoms with Gasteiger partial charge in [0.2, 0.25) is 0 Å². The lowest BCUT2D eigenvalue weighted by atomic mass is 10.2. The number of hydrogen-bond acceptors (Lipinski definition) is 2. The van der Waals surface area contributed by atoms with Crippen LogP contribution in [-0.2, 0) is 0 Å². The molecule has 0 heterocycles. The SMILES string of the molecule is CCN(C(=O)NC(N)=NCC(C)C)c1c(C)cccc1Cl. The summed E-state index contributed by atoms with van der Waals surface area (Å²) in [6.07, 6.45) is 0. The normalized spacial score (nSPS) is 11.6. The zero-order chi connectivity index (χ0) is 16.0. The smallest absolute Gasteiger partial charge is 0.328 e. The highest BCUT2D eigenvalue weighted by Gasteiger charge is 2.19. The van der Waals surface area contributed by atoms with Crippen molar-refractivity contribution < 1.29 is 4.79 Å². The van der Waals surface area contributed by atoms with Crippen molar-refractivity contribution in [3.8, 4) is 0 Å². The Morgan fingerprint density at radius 3 is 2.67 bits per heavy atom. The van der Waals surface area contributed by atoms with Crippen LogP contribution in [0.5, 0.6) is 0 Å². The standard InChI is InChI=1S/C15H23ClN4O/c1-5-20(13-11(4)7-6-8-12(13)16)15(21)19-14(17)18-9-10(2)3/h6-8,10H,5,9H2,1-4H3,(H3,17,18,19,21). The number of anilines is 1. The molecule has 0 saturated heterocycles. The first-order valence-corrected chi connectivity index (χ1v) is 7.38. The van der Waals surface area contributed by atoms with Gasteiger partial charge in [-0.05, 0) is 31.4 Å². The van der Waals surface area contributed by atoms with Crippen LogP contribution in [0.1, 0.15) is 26.3 Å². The monoisotopic (exact) mass is 310 g/mol. The molecule has 0 radical (unpaired) electrons. The summed E-state index contributed by atoms with van der Waals surface area (Å²) in [6, 6.07) is 5.19. The second kappa shape index (κ2) is 7.88. The summed E-state index contributed by atoms with van der Waals surface area (Å²) in [6.45, 7) is 8.91. The van der Waals surface area contributed by atoms with Crippen LogP contribution in [0.4, 0.5) is 10.5 Å². The van der Waals surface area contributed by atoms with E-state index in [-0.39, 0.29) is 12.0 Å². The fourth-order valence-electron chi connectivity index (χ4n) is 1.87. The molecule has 0 aromatic heterocycles. The average molecular weight is 311 g/mol. The molecule has 0 saturated carbocycles. The molecule has 0 unspecified atom stereocenters. The number of carbonyl (C=O) groups is 1. The van der Waals surface area contributed by atoms with Crippen LogP contribution < -0.4 is 16.0 Å². The predicted octanol–water partition coefficient (Wildman–Crippen LogP) is 3.16. The third-order valence-corrected chi connectivity index (χ3v) is 3.19. The maximum absolute atomic E-state index is 12.3. The fourth-order valence-corrected chi connectivity index (χ4v) is 2.19. The molecule has 0 fully saturated rings. The number of para-hydroxylation sites is 1. The van der Waals surface area contributed by atoms with Gasteiger partial charge in [-0.15, -0.1) is 0 Å². The number of aliphatic imine (C=N–C) groups is 1. The van der Waals surface area contributed by atoms with Crippen molar-refractivity contribution in [3.05, 3.63) is 28.8 Å². The van der Waals surface area contributed by atoms with E-state index in [1.54, 1.807) is 11.0 Å². The number of nitrogens with zero attached hydrogens (tertiary/aromatic N) is 2. The van der Waals surface area contributed by atoms with Gasteiger partial charge in [-0.25, -0.2) is 4.79 Å². The number of hydrogen-bond donors (Lipinski definition) is 2. The van der Waals surface area contributed by atoms with Crippen LogP contribution in [0.2, 0.25) is 5.02 Å². The van der Waals surface area contributed by atoms with Gasteiger partial charge in [0.1, 0.15) is 0 Å². The molecule has 0 aliphatic rings. The number of urea groups is 1. The average Bonchev–Trinajstić information content (AvgIpc) is 2.40. The second-order valence-electron chi connectivity index (χ2n) is 5.20. The third kappa shape index (κ3) is 4.93. The van der Waals surface area contributed by atoms with Crippen molar-refractivity contribution in [2.45, 2.75) is 27.7 Å². The van der Waals surface area contributed by atoms with E-state index in [1.807, 2.05) is 39.8 Å². The van der Waals surface area contributed by atoms with E-state index in [9.17, 15) is 4.79 Å². The van der Waals surface area contributed by atoms with Crippen molar-refractivity contribution in [3.63, 3.8) is 0 Å². The summed E-state index contributed by atoms with van der Waals surface area (Å²) in [5.74, 6) is 0.505. The Balaban J connectivity index is 2.90. The van der Waals surface area contributed by atoms with Crippen LogP contribution in [0.3, 0.4) is 0 Å². The van der Waals surface area contributed by atoms with E-state index in [4.69, 9.17) is 17.3 Å². The molecule has 2 amide bonds. The maximum Gasteiger partial charge on any atom is 0.328 e. The Morgan fingerprint density at radius 1 is 1.48 bits per heavy atom. The Bertz CT molecular complexity index is 508. The molecule has 0 atom stereocenters. The van der Waals surface area contributed by atoms with Gasteiger partial charge < -0.3 is 5.73 Å². The molecule has 1 aromatic rings. The van der Waals surface area contributed by atoms with Crippen molar-refractivity contribution in [1.82, 2.24) is 5.32 Å². The van der Waals surface area contributed by atoms with Gasteiger partial charge >= 0.3 is 6.03 Å². The second-order valence-corrected chi connectivity index (χ2v) is 5.61. The van der Waals surface area contributed by atoms with Gasteiger partial charge in [-0.1, -0.05) is 37.6 Å². The summed E-state index contributed by atoms with van der Waals surface area (Å²) in [5.41, 5.74) is 7.35. The van der Waals surface area contributed by atoms with E-state index in [1.165, 1.54) is 0 Å². The number of rotatable bonds is 4. The van der Waals surface area contributed by atoms with Gasteiger partial charge in [0.15, 0.2) is 5.96 Å². The van der Waals surface area contributed by atoms with E-state index in [0.717, 1.165) is 5.56 Å². The Morgan fingerprint density at radius 2 is 2.14 bits per heavy atom. The molecule has 21 heavy (non-hydrogen) atoms. The Kier molecular flexibility index (Phi) is 6.49. The summed E-state index contributed by atoms with van der Waals surface area (Å²) in [4.78, 5) is 18.0. The number of aryl methyl sites for hydroxylation is 1. The van der Waals surface area contributed by atoms with Crippen molar-refractivity contribution in [1.29, 1.82) is 0 Å². The molecule has 3 N–H and O–H groups in total. The third-order valence-electron chi connectivity index (χ3n) is 2.88. The van der Waals surface area contributed by atoms with E-state index >= 15 is 0 Å². The lowest BCUT2D eigenvalue weighted by Gasteiger charge is -2.24. The topological polar surface area (TPSA) is 70.7 Å². The molecule has 0 bridgehead atoms. The van der Waals surface area contributed by atoms with E-state index in [0.29, 0.717) is 29.7 Å². The molecule has 0 spiro atoms. The van der Waals surface area contributed by atoms with Crippen LogP contribution in [-0.4, -0.2) is 25.1 Å². The molecular weight excluding hydrogens is 288 g/mol. The van der Waals surface area contributed by atoms with Crippen molar-refractivity contribution >= 4 is 29.3 Å². The number of amides is 2. The highest BCUT2D eigenvalue weighted by Crippen LogP contribution is 2.29. The largest absolute Gasteiger partial charge is 0.370 e. The molecule has 5 nitrogen and oxygen atoms in total. The van der Waals surface area contributed by atoms with Gasteiger partial charge in [-0.2, -0.15) is 0 Å². The molecule has 6 heteroatoms. The summed E-state index contributed by atoms with van der Waals surface area (Å²) in [7, 11) is 0. The maximum atomic E-state index is 12.3. The van der Waals surface area contributed by atoms with Crippen LogP contribution >= 0.6 is 11.6 Å². The Hall–Kier alpha value is -1.75. The number of guanidine groups is 1. The van der Waals surface area contributed by atoms with Gasteiger partial charge in [0, 0.05) is 13.1 Å². The number of benzene rings is 1. The minimum atomic E-state index is -0.335. The highest BCUT2D eigenvalue weighted by molar-refractivity contribution is 6.34.